The number of primary amides is 1. The molecule has 6 heteroatoms. The molecule has 174 valence electrons. The van der Waals surface area contributed by atoms with Crippen molar-refractivity contribution in [2.24, 2.45) is 18.7 Å². The number of hydrogen-bond acceptors (Lipinski definition) is 4. The quantitative estimate of drug-likeness (QED) is 0.663. The van der Waals surface area contributed by atoms with Crippen molar-refractivity contribution < 1.29 is 4.79 Å². The molecule has 1 amide bonds. The molecule has 1 aromatic carbocycles. The van der Waals surface area contributed by atoms with Crippen molar-refractivity contribution in [1.82, 2.24) is 14.5 Å². The molecule has 1 atom stereocenters. The Kier molecular flexibility index (Phi) is 7.78. The highest BCUT2D eigenvalue weighted by Gasteiger charge is 2.28. The van der Waals surface area contributed by atoms with E-state index in [-0.39, 0.29) is 17.9 Å². The van der Waals surface area contributed by atoms with Crippen molar-refractivity contribution in [3.63, 3.8) is 0 Å². The first-order valence-electron chi connectivity index (χ1n) is 11.5. The number of nitrogens with two attached hydrogens (primary N) is 1. The van der Waals surface area contributed by atoms with Crippen molar-refractivity contribution >= 4 is 23.7 Å². The first kappa shape index (κ1) is 24.3. The summed E-state index contributed by atoms with van der Waals surface area (Å²) in [5.74, 6) is 2.71. The smallest absolute Gasteiger partial charge is 0.220 e. The third-order valence-electron chi connectivity index (χ3n) is 6.64. The van der Waals surface area contributed by atoms with Crippen molar-refractivity contribution in [2.75, 3.05) is 25.0 Å². The molecule has 1 aliphatic rings. The van der Waals surface area contributed by atoms with E-state index in [1.165, 1.54) is 5.56 Å². The van der Waals surface area contributed by atoms with Gasteiger partial charge in [0.1, 0.15) is 0 Å². The Morgan fingerprint density at radius 2 is 2.12 bits per heavy atom. The Labute approximate surface area is 197 Å². The number of benzene rings is 1. The van der Waals surface area contributed by atoms with E-state index < -0.39 is 0 Å². The molecule has 0 bridgehead atoms. The number of piperidine rings is 1. The van der Waals surface area contributed by atoms with E-state index in [1.807, 2.05) is 38.0 Å². The number of aryl methyl sites for hydroxylation is 2. The SMILES string of the molecule is C#CC(c1ccc(N(C)C(=C)/C=c2\c(=C/C)ncn2C)c(CC)c1)N1CCC(C(N)=O)CC1. The number of anilines is 1. The highest BCUT2D eigenvalue weighted by molar-refractivity contribution is 5.76. The number of terminal acetylenes is 1. The zero-order chi connectivity index (χ0) is 24.1. The topological polar surface area (TPSA) is 67.4 Å². The molecular formula is C27H35N5O. The number of nitrogens with zero attached hydrogens (tertiary/aromatic N) is 4. The van der Waals surface area contributed by atoms with Gasteiger partial charge in [0.05, 0.1) is 23.1 Å². The molecule has 0 aliphatic carbocycles. The van der Waals surface area contributed by atoms with Gasteiger partial charge in [-0.2, -0.15) is 0 Å². The van der Waals surface area contributed by atoms with Gasteiger partial charge < -0.3 is 15.2 Å². The van der Waals surface area contributed by atoms with Crippen molar-refractivity contribution in [1.29, 1.82) is 0 Å². The second kappa shape index (κ2) is 10.5. The lowest BCUT2D eigenvalue weighted by Gasteiger charge is -2.35. The molecule has 2 N–H and O–H groups in total. The molecule has 0 saturated carbocycles. The summed E-state index contributed by atoms with van der Waals surface area (Å²) in [6.45, 7) is 9.99. The molecule has 2 aromatic rings. The van der Waals surface area contributed by atoms with Crippen molar-refractivity contribution in [3.05, 3.63) is 58.6 Å². The lowest BCUT2D eigenvalue weighted by atomic mass is 9.93. The lowest BCUT2D eigenvalue weighted by Crippen LogP contribution is -2.40. The molecule has 6 nitrogen and oxygen atoms in total. The van der Waals surface area contributed by atoms with Gasteiger partial charge in [-0.3, -0.25) is 9.69 Å². The Bertz CT molecular complexity index is 1180. The summed E-state index contributed by atoms with van der Waals surface area (Å²) in [6.07, 6.45) is 14.2. The second-order valence-corrected chi connectivity index (χ2v) is 8.63. The summed E-state index contributed by atoms with van der Waals surface area (Å²) >= 11 is 0. The van der Waals surface area contributed by atoms with E-state index >= 15 is 0 Å². The van der Waals surface area contributed by atoms with Gasteiger partial charge in [0, 0.05) is 44.5 Å². The van der Waals surface area contributed by atoms with Crippen LogP contribution >= 0.6 is 0 Å². The third-order valence-corrected chi connectivity index (χ3v) is 6.64. The van der Waals surface area contributed by atoms with E-state index in [2.05, 4.69) is 58.5 Å². The molecule has 2 heterocycles. The number of imidazole rings is 1. The predicted molar refractivity (Wildman–Crippen MR) is 135 cm³/mol. The van der Waals surface area contributed by atoms with Gasteiger partial charge in [-0.1, -0.05) is 37.6 Å². The minimum atomic E-state index is -0.209. The number of rotatable bonds is 7. The van der Waals surface area contributed by atoms with Crippen LogP contribution < -0.4 is 21.3 Å². The van der Waals surface area contributed by atoms with Gasteiger partial charge in [0.15, 0.2) is 0 Å². The Hall–Kier alpha value is -3.30. The number of allylic oxidation sites excluding steroid dienone is 1. The molecule has 1 fully saturated rings. The maximum Gasteiger partial charge on any atom is 0.220 e. The van der Waals surface area contributed by atoms with E-state index in [1.54, 1.807) is 0 Å². The fourth-order valence-corrected chi connectivity index (χ4v) is 4.51. The fraction of sp³-hybridized carbons (Fsp3) is 0.407. The number of amides is 1. The molecule has 1 unspecified atom stereocenters. The van der Waals surface area contributed by atoms with Crippen LogP contribution in [0.5, 0.6) is 0 Å². The first-order valence-corrected chi connectivity index (χ1v) is 11.5. The minimum absolute atomic E-state index is 0.0468. The van der Waals surface area contributed by atoms with Crippen LogP contribution in [-0.4, -0.2) is 40.5 Å². The summed E-state index contributed by atoms with van der Waals surface area (Å²) in [6, 6.07) is 6.33. The summed E-state index contributed by atoms with van der Waals surface area (Å²) in [5.41, 5.74) is 9.79. The standard InChI is InChI=1S/C27H35N5O/c1-7-20-17-22(24(9-3)32-14-12-21(13-15-32)27(28)33)10-11-25(20)31(6)19(4)16-26-23(8-2)29-18-30(26)5/h3,8,10-11,16-18,21,24H,4,7,12-15H2,1-2,5-6H3,(H2,28,33)/b23-8+,26-16+. The number of hydrogen-bond donors (Lipinski definition) is 1. The van der Waals surface area contributed by atoms with Crippen LogP contribution in [0, 0.1) is 18.3 Å². The van der Waals surface area contributed by atoms with Crippen LogP contribution in [-0.2, 0) is 18.3 Å². The van der Waals surface area contributed by atoms with Crippen molar-refractivity contribution in [2.45, 2.75) is 39.2 Å². The molecule has 1 saturated heterocycles. The van der Waals surface area contributed by atoms with E-state index in [0.29, 0.717) is 0 Å². The second-order valence-electron chi connectivity index (χ2n) is 8.63. The zero-order valence-corrected chi connectivity index (χ0v) is 20.2. The van der Waals surface area contributed by atoms with Crippen molar-refractivity contribution in [3.8, 4) is 12.3 Å². The van der Waals surface area contributed by atoms with Gasteiger partial charge in [0.25, 0.3) is 0 Å². The minimum Gasteiger partial charge on any atom is -0.369 e. The van der Waals surface area contributed by atoms with Crippen LogP contribution in [0.2, 0.25) is 0 Å². The number of carbonyl (C=O) groups is 1. The number of aromatic nitrogens is 2. The predicted octanol–water partition coefficient (Wildman–Crippen LogP) is 2.09. The van der Waals surface area contributed by atoms with Crippen LogP contribution in [0.1, 0.15) is 43.9 Å². The van der Waals surface area contributed by atoms with Gasteiger partial charge in [0.2, 0.25) is 5.91 Å². The van der Waals surface area contributed by atoms with Gasteiger partial charge in [-0.05, 0) is 49.5 Å². The Morgan fingerprint density at radius 1 is 1.42 bits per heavy atom. The molecule has 0 radical (unpaired) electrons. The Balaban J connectivity index is 1.86. The van der Waals surface area contributed by atoms with Gasteiger partial charge in [-0.25, -0.2) is 4.98 Å². The molecule has 3 rings (SSSR count). The van der Waals surface area contributed by atoms with Crippen LogP contribution in [0.25, 0.3) is 12.2 Å². The van der Waals surface area contributed by atoms with Crippen LogP contribution in [0.15, 0.2) is 36.8 Å². The zero-order valence-electron chi connectivity index (χ0n) is 20.2. The summed E-state index contributed by atoms with van der Waals surface area (Å²) in [5, 5.41) is 1.96. The summed E-state index contributed by atoms with van der Waals surface area (Å²) < 4.78 is 2.00. The third kappa shape index (κ3) is 5.20. The van der Waals surface area contributed by atoms with E-state index in [9.17, 15) is 4.79 Å². The molecule has 0 spiro atoms. The maximum atomic E-state index is 11.5. The number of carbonyl (C=O) groups excluding carboxylic acids is 1. The van der Waals surface area contributed by atoms with Crippen LogP contribution in [0.4, 0.5) is 5.69 Å². The molecular weight excluding hydrogens is 410 g/mol. The summed E-state index contributed by atoms with van der Waals surface area (Å²) in [4.78, 5) is 20.3. The first-order chi connectivity index (χ1) is 15.8. The lowest BCUT2D eigenvalue weighted by molar-refractivity contribution is -0.123. The average Bonchev–Trinajstić information content (AvgIpc) is 3.18. The molecule has 1 aromatic heterocycles. The monoisotopic (exact) mass is 445 g/mol. The van der Waals surface area contributed by atoms with Crippen LogP contribution in [0.3, 0.4) is 0 Å². The highest BCUT2D eigenvalue weighted by atomic mass is 16.1. The fourth-order valence-electron chi connectivity index (χ4n) is 4.51. The van der Waals surface area contributed by atoms with E-state index in [0.717, 1.165) is 60.0 Å². The average molecular weight is 446 g/mol. The Morgan fingerprint density at radius 3 is 2.70 bits per heavy atom. The summed E-state index contributed by atoms with van der Waals surface area (Å²) in [7, 11) is 4.02. The highest BCUT2D eigenvalue weighted by Crippen LogP contribution is 2.31. The maximum absolute atomic E-state index is 11.5. The molecule has 33 heavy (non-hydrogen) atoms. The van der Waals surface area contributed by atoms with Gasteiger partial charge >= 0.3 is 0 Å². The number of likely N-dealkylation sites (tertiary alicyclic amines) is 1. The largest absolute Gasteiger partial charge is 0.369 e. The normalized spacial score (nSPS) is 17.1. The molecule has 1 aliphatic heterocycles. The van der Waals surface area contributed by atoms with E-state index in [4.69, 9.17) is 12.2 Å². The van der Waals surface area contributed by atoms with Gasteiger partial charge in [-0.15, -0.1) is 6.42 Å².